The first kappa shape index (κ1) is 52.1. The van der Waals surface area contributed by atoms with E-state index >= 15 is 0 Å². The van der Waals surface area contributed by atoms with Crippen LogP contribution in [-0.2, 0) is 42.1 Å². The Balaban J connectivity index is 0. The summed E-state index contributed by atoms with van der Waals surface area (Å²) in [7, 11) is 0. The van der Waals surface area contributed by atoms with Crippen molar-refractivity contribution in [3.63, 3.8) is 0 Å². The first-order valence-electron chi connectivity index (χ1n) is 0. The predicted octanol–water partition coefficient (Wildman–Crippen LogP) is 0.333. The molecule has 0 aliphatic heterocycles. The fourth-order valence-electron chi connectivity index (χ4n) is 0. The van der Waals surface area contributed by atoms with Crippen LogP contribution in [0.1, 0.15) is 0 Å². The van der Waals surface area contributed by atoms with E-state index in [1.807, 2.05) is 0 Å². The molecule has 5 heavy (non-hydrogen) atoms. The summed E-state index contributed by atoms with van der Waals surface area (Å²) in [5.41, 5.74) is 0. The van der Waals surface area contributed by atoms with Crippen molar-refractivity contribution in [1.82, 2.24) is 0 Å². The third-order valence-corrected chi connectivity index (χ3v) is 0. The molecule has 0 aromatic heterocycles. The van der Waals surface area contributed by atoms with Crippen LogP contribution in [0.2, 0.25) is 0 Å². The van der Waals surface area contributed by atoms with Crippen LogP contribution in [0.25, 0.3) is 0 Å². The number of hydrogen-bond acceptors (Lipinski definition) is 0. The smallest absolute Gasteiger partial charge is 0 e. The molecular weight excluding hydrogens is 288 g/mol. The summed E-state index contributed by atoms with van der Waals surface area (Å²) in [6.45, 7) is 0. The van der Waals surface area contributed by atoms with E-state index in [0.29, 0.717) is 0 Å². The van der Waals surface area contributed by atoms with Crippen molar-refractivity contribution in [2.24, 2.45) is 0 Å². The van der Waals surface area contributed by atoms with Crippen molar-refractivity contribution in [2.75, 3.05) is 0 Å². The quantitative estimate of drug-likeness (QED) is 0.565. The summed E-state index contributed by atoms with van der Waals surface area (Å²) in [6, 6.07) is 0. The Kier molecular flexibility index (Phi) is 335. The summed E-state index contributed by atoms with van der Waals surface area (Å²) in [5.74, 6) is 0. The number of rotatable bonds is 0. The molecule has 0 unspecified atom stereocenters. The van der Waals surface area contributed by atoms with Gasteiger partial charge in [-0.2, -0.15) is 40.5 Å². The molecule has 0 saturated carbocycles. The van der Waals surface area contributed by atoms with E-state index in [4.69, 9.17) is 0 Å². The van der Waals surface area contributed by atoms with Crippen molar-refractivity contribution in [3.8, 4) is 0 Å². The van der Waals surface area contributed by atoms with Crippen LogP contribution in [0.3, 0.4) is 0 Å². The molecule has 0 aromatic rings. The van der Waals surface area contributed by atoms with Crippen molar-refractivity contribution < 1.29 is 42.1 Å². The summed E-state index contributed by atoms with van der Waals surface area (Å²) in [6.07, 6.45) is 0. The first-order valence-corrected chi connectivity index (χ1v) is 0. The largest absolute Gasteiger partial charge is 0.197 e. The third kappa shape index (κ3) is 21.4. The van der Waals surface area contributed by atoms with Gasteiger partial charge in [0.15, 0.2) is 0 Å². The zero-order valence-electron chi connectivity index (χ0n) is 2.32. The zero-order valence-corrected chi connectivity index (χ0v) is 9.33. The van der Waals surface area contributed by atoms with E-state index < -0.39 is 0 Å². The molecule has 0 nitrogen and oxygen atoms in total. The summed E-state index contributed by atoms with van der Waals surface area (Å²) >= 11 is 0. The normalized spacial score (nSPS) is 0. The van der Waals surface area contributed by atoms with Crippen LogP contribution >= 0.6 is 40.5 Å². The molecule has 0 N–H and O–H groups in total. The molecular formula is H6Mo2S3. The van der Waals surface area contributed by atoms with Gasteiger partial charge in [0.05, 0.1) is 0 Å². The predicted molar refractivity (Wildman–Crippen MR) is 31.1 cm³/mol. The third-order valence-electron chi connectivity index (χ3n) is 0. The summed E-state index contributed by atoms with van der Waals surface area (Å²) in [4.78, 5) is 0. The summed E-state index contributed by atoms with van der Waals surface area (Å²) < 4.78 is 0. The first-order chi connectivity index (χ1) is 0. The fraction of sp³-hybridized carbons (Fsp3) is 0. The van der Waals surface area contributed by atoms with Gasteiger partial charge in [-0.05, 0) is 0 Å². The molecule has 0 amide bonds. The van der Waals surface area contributed by atoms with Crippen LogP contribution in [0.4, 0.5) is 0 Å². The maximum absolute atomic E-state index is 0. The van der Waals surface area contributed by atoms with E-state index in [2.05, 4.69) is 0 Å². The van der Waals surface area contributed by atoms with Crippen molar-refractivity contribution in [3.05, 3.63) is 0 Å². The molecule has 0 aliphatic rings. The Morgan fingerprint density at radius 3 is 0.400 bits per heavy atom. The van der Waals surface area contributed by atoms with Gasteiger partial charge in [0.1, 0.15) is 0 Å². The number of hydrogen-bond donors (Lipinski definition) is 0. The minimum atomic E-state index is 0. The van der Waals surface area contributed by atoms with Gasteiger partial charge in [-0.25, -0.2) is 0 Å². The average molecular weight is 294 g/mol. The zero-order chi connectivity index (χ0) is 0. The van der Waals surface area contributed by atoms with Gasteiger partial charge in [0, 0.05) is 42.1 Å². The molecule has 0 heterocycles. The Bertz CT molecular complexity index is 4.85. The van der Waals surface area contributed by atoms with Gasteiger partial charge in [-0.15, -0.1) is 0 Å². The van der Waals surface area contributed by atoms with E-state index in [0.717, 1.165) is 0 Å². The van der Waals surface area contributed by atoms with Crippen LogP contribution in [-0.4, -0.2) is 0 Å². The van der Waals surface area contributed by atoms with Crippen LogP contribution < -0.4 is 0 Å². The Labute approximate surface area is 81.7 Å². The molecule has 0 bridgehead atoms. The van der Waals surface area contributed by atoms with Crippen LogP contribution in [0.15, 0.2) is 0 Å². The van der Waals surface area contributed by atoms with Crippen LogP contribution in [0, 0.1) is 0 Å². The molecule has 0 aromatic carbocycles. The standard InChI is InChI=1S/2Mo.3H2S/h;;3*1H2. The maximum Gasteiger partial charge on any atom is 0 e. The average Bonchev–Trinajstić information content (AvgIpc) is 0. The minimum absolute atomic E-state index is 0. The molecule has 5 heteroatoms. The Morgan fingerprint density at radius 1 is 0.400 bits per heavy atom. The Morgan fingerprint density at radius 2 is 0.400 bits per heavy atom. The molecule has 0 aliphatic carbocycles. The summed E-state index contributed by atoms with van der Waals surface area (Å²) in [5, 5.41) is 0. The van der Waals surface area contributed by atoms with Gasteiger partial charge in [0.25, 0.3) is 0 Å². The van der Waals surface area contributed by atoms with Crippen LogP contribution in [0.5, 0.6) is 0 Å². The van der Waals surface area contributed by atoms with Gasteiger partial charge in [-0.3, -0.25) is 0 Å². The van der Waals surface area contributed by atoms with Gasteiger partial charge in [0.2, 0.25) is 0 Å². The van der Waals surface area contributed by atoms with E-state index in [1.165, 1.54) is 0 Å². The molecule has 36 valence electrons. The van der Waals surface area contributed by atoms with Crippen molar-refractivity contribution in [2.45, 2.75) is 0 Å². The monoisotopic (exact) mass is 298 g/mol. The van der Waals surface area contributed by atoms with E-state index in [9.17, 15) is 0 Å². The molecule has 0 spiro atoms. The second kappa shape index (κ2) is 32.1. The fourth-order valence-corrected chi connectivity index (χ4v) is 0. The minimum Gasteiger partial charge on any atom is -0.197 e. The van der Waals surface area contributed by atoms with E-state index in [1.54, 1.807) is 0 Å². The second-order valence-corrected chi connectivity index (χ2v) is 0. The van der Waals surface area contributed by atoms with Crippen molar-refractivity contribution >= 4 is 40.5 Å². The van der Waals surface area contributed by atoms with Gasteiger partial charge < -0.3 is 0 Å². The molecule has 0 atom stereocenters. The molecule has 0 fully saturated rings. The molecule has 0 radical (unpaired) electrons. The Hall–Kier alpha value is 2.43. The van der Waals surface area contributed by atoms with E-state index in [-0.39, 0.29) is 82.6 Å². The molecule has 0 rings (SSSR count). The topological polar surface area (TPSA) is 0 Å². The second-order valence-electron chi connectivity index (χ2n) is 0. The molecule has 0 saturated heterocycles. The SMILES string of the molecule is S.S.S.[Mo].[Mo]. The van der Waals surface area contributed by atoms with Gasteiger partial charge >= 0.3 is 0 Å². The maximum atomic E-state index is 0. The van der Waals surface area contributed by atoms with Crippen molar-refractivity contribution in [1.29, 1.82) is 0 Å². The van der Waals surface area contributed by atoms with Gasteiger partial charge in [-0.1, -0.05) is 0 Å².